The summed E-state index contributed by atoms with van der Waals surface area (Å²) in [4.78, 5) is 70.6. The fraction of sp³-hybridized carbons (Fsp3) is 0.333. The van der Waals surface area contributed by atoms with E-state index in [1.165, 1.54) is 53.4 Å². The quantitative estimate of drug-likeness (QED) is 0.0879. The van der Waals surface area contributed by atoms with Crippen LogP contribution >= 0.6 is 23.1 Å². The van der Waals surface area contributed by atoms with Crippen molar-refractivity contribution in [3.8, 4) is 0 Å². The Labute approximate surface area is 240 Å². The number of thioether (sulfide) groups is 1. The first-order valence-electron chi connectivity index (χ1n) is 12.0. The minimum atomic E-state index is -0.910. The van der Waals surface area contributed by atoms with Gasteiger partial charge in [0, 0.05) is 29.7 Å². The molecule has 2 aliphatic rings. The number of nitro groups is 1. The lowest BCUT2D eigenvalue weighted by molar-refractivity contribution is -0.384. The summed E-state index contributed by atoms with van der Waals surface area (Å²) in [5, 5.41) is 18.3. The van der Waals surface area contributed by atoms with Crippen molar-refractivity contribution in [1.29, 1.82) is 0 Å². The Morgan fingerprint density at radius 2 is 2.02 bits per heavy atom. The van der Waals surface area contributed by atoms with Crippen LogP contribution in [0.4, 0.5) is 10.8 Å². The number of esters is 2. The highest BCUT2D eigenvalue weighted by Gasteiger charge is 2.53. The molecule has 4 rings (SSSR count). The number of nitrogens with one attached hydrogen (secondary N) is 1. The molecule has 2 amide bonds. The van der Waals surface area contributed by atoms with E-state index < -0.39 is 40.1 Å². The van der Waals surface area contributed by atoms with Crippen LogP contribution in [0.3, 0.4) is 0 Å². The normalized spacial score (nSPS) is 18.0. The van der Waals surface area contributed by atoms with Crippen LogP contribution < -0.4 is 11.1 Å². The van der Waals surface area contributed by atoms with Crippen molar-refractivity contribution in [2.24, 2.45) is 5.16 Å². The predicted octanol–water partition coefficient (Wildman–Crippen LogP) is 1.33. The maximum atomic E-state index is 12.9. The molecule has 0 radical (unpaired) electrons. The second-order valence-electron chi connectivity index (χ2n) is 8.49. The van der Waals surface area contributed by atoms with Crippen molar-refractivity contribution in [3.05, 3.63) is 62.8 Å². The highest BCUT2D eigenvalue weighted by Crippen LogP contribution is 2.37. The van der Waals surface area contributed by atoms with E-state index in [0.29, 0.717) is 11.3 Å². The second-order valence-corrected chi connectivity index (χ2v) is 10.5. The lowest BCUT2D eigenvalue weighted by atomic mass is 10.0. The number of nitro benzene ring substituents is 1. The zero-order valence-electron chi connectivity index (χ0n) is 21.5. The summed E-state index contributed by atoms with van der Waals surface area (Å²) >= 11 is 2.47. The maximum absolute atomic E-state index is 12.9. The molecular formula is C24H24N6O9S2. The third kappa shape index (κ3) is 6.98. The summed E-state index contributed by atoms with van der Waals surface area (Å²) in [6.07, 6.45) is 1.73. The smallest absolute Gasteiger partial charge is 0.354 e. The second kappa shape index (κ2) is 13.2. The fourth-order valence-corrected chi connectivity index (χ4v) is 5.58. The zero-order valence-corrected chi connectivity index (χ0v) is 23.1. The van der Waals surface area contributed by atoms with Crippen LogP contribution in [0.15, 0.2) is 46.6 Å². The molecule has 17 heteroatoms. The Balaban J connectivity index is 1.22. The van der Waals surface area contributed by atoms with Crippen LogP contribution in [0, 0.1) is 10.1 Å². The number of hydrogen-bond donors (Lipinski definition) is 2. The summed E-state index contributed by atoms with van der Waals surface area (Å²) < 4.78 is 10.4. The number of thiazole rings is 1. The summed E-state index contributed by atoms with van der Waals surface area (Å²) in [5.74, 6) is -2.03. The Hall–Kier alpha value is -4.51. The SMILES string of the molecule is CO/N=C(\C(=O)NC1C(=O)N2C(C(=O)OCCCC(=O)OCc3ccc([N+](=O)[O-])cc3)=CCS[C@H]12)c1csc(N)n1. The van der Waals surface area contributed by atoms with Crippen LogP contribution in [0.5, 0.6) is 0 Å². The van der Waals surface area contributed by atoms with Gasteiger partial charge in [-0.1, -0.05) is 5.16 Å². The van der Waals surface area contributed by atoms with Crippen molar-refractivity contribution in [3.63, 3.8) is 0 Å². The van der Waals surface area contributed by atoms with Gasteiger partial charge in [0.1, 0.15) is 36.5 Å². The van der Waals surface area contributed by atoms with E-state index in [1.807, 2.05) is 0 Å². The average molecular weight is 605 g/mol. The van der Waals surface area contributed by atoms with Gasteiger partial charge in [-0.25, -0.2) is 9.78 Å². The van der Waals surface area contributed by atoms with Crippen LogP contribution in [-0.4, -0.2) is 75.2 Å². The number of anilines is 1. The van der Waals surface area contributed by atoms with E-state index in [1.54, 1.807) is 6.08 Å². The lowest BCUT2D eigenvalue weighted by Crippen LogP contribution is -2.70. The first-order valence-corrected chi connectivity index (χ1v) is 14.0. The molecule has 3 N–H and O–H groups in total. The Bertz CT molecular complexity index is 1410. The number of non-ortho nitro benzene ring substituents is 1. The monoisotopic (exact) mass is 604 g/mol. The maximum Gasteiger partial charge on any atom is 0.354 e. The minimum absolute atomic E-state index is 0.0233. The first kappa shape index (κ1) is 29.5. The van der Waals surface area contributed by atoms with Gasteiger partial charge in [-0.15, -0.1) is 23.1 Å². The molecular weight excluding hydrogens is 580 g/mol. The molecule has 1 fully saturated rings. The van der Waals surface area contributed by atoms with Gasteiger partial charge in [-0.3, -0.25) is 29.4 Å². The molecule has 3 heterocycles. The molecule has 1 aromatic carbocycles. The van der Waals surface area contributed by atoms with E-state index in [2.05, 4.69) is 15.5 Å². The van der Waals surface area contributed by atoms with Gasteiger partial charge in [0.25, 0.3) is 17.5 Å². The number of aromatic nitrogens is 1. The molecule has 2 aliphatic heterocycles. The number of hydrogen-bond acceptors (Lipinski definition) is 14. The van der Waals surface area contributed by atoms with Crippen molar-refractivity contribution in [2.45, 2.75) is 30.9 Å². The van der Waals surface area contributed by atoms with E-state index >= 15 is 0 Å². The Kier molecular flexibility index (Phi) is 9.51. The largest absolute Gasteiger partial charge is 0.461 e. The number of oxime groups is 1. The number of rotatable bonds is 12. The molecule has 216 valence electrons. The lowest BCUT2D eigenvalue weighted by Gasteiger charge is -2.48. The molecule has 2 atom stereocenters. The molecule has 41 heavy (non-hydrogen) atoms. The number of benzene rings is 1. The molecule has 1 aromatic heterocycles. The van der Waals surface area contributed by atoms with Gasteiger partial charge in [-0.05, 0) is 30.2 Å². The van der Waals surface area contributed by atoms with Crippen molar-refractivity contribution in [2.75, 3.05) is 25.2 Å². The van der Waals surface area contributed by atoms with Crippen molar-refractivity contribution in [1.82, 2.24) is 15.2 Å². The molecule has 1 unspecified atom stereocenters. The standard InChI is InChI=1S/C24H24N6O9S2/c1-37-28-18(15-12-41-24(25)26-15)20(32)27-19-21(33)29-16(8-10-40-22(19)29)23(34)38-9-2-3-17(31)39-11-13-4-6-14(7-5-13)30(35)36/h4-8,12,19,22H,2-3,9-11H2,1H3,(H2,25,26)(H,27,32)/b28-18-/t19?,22-/m1/s1. The molecule has 0 aliphatic carbocycles. The Morgan fingerprint density at radius 3 is 2.68 bits per heavy atom. The van der Waals surface area contributed by atoms with E-state index in [4.69, 9.17) is 20.0 Å². The molecule has 2 aromatic rings. The van der Waals surface area contributed by atoms with Gasteiger partial charge in [0.05, 0.1) is 11.5 Å². The average Bonchev–Trinajstić information content (AvgIpc) is 3.40. The van der Waals surface area contributed by atoms with E-state index in [-0.39, 0.29) is 54.0 Å². The van der Waals surface area contributed by atoms with Crippen LogP contribution in [0.1, 0.15) is 24.1 Å². The number of ether oxygens (including phenoxy) is 2. The van der Waals surface area contributed by atoms with E-state index in [9.17, 15) is 29.3 Å². The topological polar surface area (TPSA) is 206 Å². The number of fused-ring (bicyclic) bond motifs is 1. The van der Waals surface area contributed by atoms with Crippen molar-refractivity contribution >= 4 is 63.4 Å². The summed E-state index contributed by atoms with van der Waals surface area (Å²) in [7, 11) is 1.27. The highest BCUT2D eigenvalue weighted by molar-refractivity contribution is 8.00. The highest BCUT2D eigenvalue weighted by atomic mass is 32.2. The van der Waals surface area contributed by atoms with Crippen LogP contribution in [0.25, 0.3) is 0 Å². The summed E-state index contributed by atoms with van der Waals surface area (Å²) in [6.45, 7) is -0.135. The molecule has 15 nitrogen and oxygen atoms in total. The molecule has 0 saturated carbocycles. The van der Waals surface area contributed by atoms with Gasteiger partial charge >= 0.3 is 11.9 Å². The van der Waals surface area contributed by atoms with Crippen LogP contribution in [-0.2, 0) is 40.1 Å². The number of nitrogen functional groups attached to an aromatic ring is 1. The summed E-state index contributed by atoms with van der Waals surface area (Å²) in [5.41, 5.74) is 6.28. The predicted molar refractivity (Wildman–Crippen MR) is 146 cm³/mol. The number of β-lactam (4-membered cyclic amide) rings is 1. The third-order valence-electron chi connectivity index (χ3n) is 5.81. The van der Waals surface area contributed by atoms with Gasteiger partial charge < -0.3 is 25.4 Å². The number of nitrogens with two attached hydrogens (primary N) is 1. The van der Waals surface area contributed by atoms with Crippen molar-refractivity contribution < 1.29 is 38.4 Å². The fourth-order valence-electron chi connectivity index (χ4n) is 3.84. The van der Waals surface area contributed by atoms with E-state index in [0.717, 1.165) is 11.3 Å². The summed E-state index contributed by atoms with van der Waals surface area (Å²) in [6, 6.07) is 4.71. The third-order valence-corrected chi connectivity index (χ3v) is 7.67. The molecule has 1 saturated heterocycles. The molecule has 0 spiro atoms. The number of nitrogens with zero attached hydrogens (tertiary/aromatic N) is 4. The first-order chi connectivity index (χ1) is 19.7. The minimum Gasteiger partial charge on any atom is -0.461 e. The number of amides is 2. The number of carbonyl (C=O) groups excluding carboxylic acids is 4. The molecule has 0 bridgehead atoms. The Morgan fingerprint density at radius 1 is 1.27 bits per heavy atom. The van der Waals surface area contributed by atoms with Crippen LogP contribution in [0.2, 0.25) is 0 Å². The van der Waals surface area contributed by atoms with Gasteiger partial charge in [0.2, 0.25) is 0 Å². The van der Waals surface area contributed by atoms with Gasteiger partial charge in [-0.2, -0.15) is 0 Å². The number of carbonyl (C=O) groups is 4. The zero-order chi connectivity index (χ0) is 29.5. The van der Waals surface area contributed by atoms with Gasteiger partial charge in [0.15, 0.2) is 10.8 Å².